The number of ether oxygens (including phenoxy) is 1. The van der Waals surface area contributed by atoms with Gasteiger partial charge in [0.05, 0.1) is 17.0 Å². The normalized spacial score (nSPS) is 14.8. The number of carboxylic acid groups (broad SMARTS) is 1. The maximum absolute atomic E-state index is 11.0. The molecule has 3 aromatic carbocycles. The van der Waals surface area contributed by atoms with E-state index in [0.717, 1.165) is 30.9 Å². The van der Waals surface area contributed by atoms with Crippen LogP contribution >= 0.6 is 0 Å². The molecule has 7 nitrogen and oxygen atoms in total. The van der Waals surface area contributed by atoms with Crippen LogP contribution in [0.3, 0.4) is 0 Å². The van der Waals surface area contributed by atoms with Crippen molar-refractivity contribution in [3.05, 3.63) is 89.5 Å². The molecule has 1 aliphatic rings. The third-order valence-electron chi connectivity index (χ3n) is 6.27. The van der Waals surface area contributed by atoms with Crippen LogP contribution < -0.4 is 4.74 Å². The monoisotopic (exact) mass is 469 g/mol. The number of benzene rings is 3. The van der Waals surface area contributed by atoms with Gasteiger partial charge in [0.1, 0.15) is 5.75 Å². The first-order valence-electron chi connectivity index (χ1n) is 11.8. The minimum atomic E-state index is -1.40. The van der Waals surface area contributed by atoms with Crippen LogP contribution in [0.2, 0.25) is 0 Å². The fourth-order valence-electron chi connectivity index (χ4n) is 4.60. The summed E-state index contributed by atoms with van der Waals surface area (Å²) in [7, 11) is 0. The number of aromatic amines is 1. The van der Waals surface area contributed by atoms with E-state index >= 15 is 0 Å². The summed E-state index contributed by atoms with van der Waals surface area (Å²) in [5, 5.41) is 20.5. The van der Waals surface area contributed by atoms with E-state index < -0.39 is 6.16 Å². The lowest BCUT2D eigenvalue weighted by Gasteiger charge is -2.26. The zero-order valence-corrected chi connectivity index (χ0v) is 19.3. The van der Waals surface area contributed by atoms with E-state index in [1.165, 1.54) is 30.9 Å². The van der Waals surface area contributed by atoms with E-state index in [1.807, 2.05) is 42.5 Å². The van der Waals surface area contributed by atoms with Gasteiger partial charge in [-0.3, -0.25) is 4.90 Å². The summed E-state index contributed by atoms with van der Waals surface area (Å²) < 4.78 is 4.84. The molecular weight excluding hydrogens is 442 g/mol. The van der Waals surface area contributed by atoms with Gasteiger partial charge < -0.3 is 19.9 Å². The molecule has 0 amide bonds. The van der Waals surface area contributed by atoms with Gasteiger partial charge in [-0.2, -0.15) is 0 Å². The van der Waals surface area contributed by atoms with E-state index in [4.69, 9.17) is 14.8 Å². The lowest BCUT2D eigenvalue weighted by atomic mass is 10.0. The summed E-state index contributed by atoms with van der Waals surface area (Å²) >= 11 is 0. The van der Waals surface area contributed by atoms with Gasteiger partial charge in [0.25, 0.3) is 0 Å². The van der Waals surface area contributed by atoms with Crippen LogP contribution in [0.1, 0.15) is 36.0 Å². The molecule has 1 aromatic heterocycles. The number of hydrogen-bond donors (Lipinski definition) is 3. The van der Waals surface area contributed by atoms with Crippen molar-refractivity contribution in [2.24, 2.45) is 4.99 Å². The first-order valence-corrected chi connectivity index (χ1v) is 11.8. The first kappa shape index (κ1) is 22.7. The van der Waals surface area contributed by atoms with Gasteiger partial charge in [0, 0.05) is 23.0 Å². The van der Waals surface area contributed by atoms with Crippen molar-refractivity contribution in [3.63, 3.8) is 0 Å². The predicted molar refractivity (Wildman–Crippen MR) is 136 cm³/mol. The Kier molecular flexibility index (Phi) is 6.50. The summed E-state index contributed by atoms with van der Waals surface area (Å²) in [6.07, 6.45) is 2.44. The molecule has 0 aliphatic carbocycles. The molecule has 178 valence electrons. The smallest absolute Gasteiger partial charge is 0.494 e. The molecule has 1 fully saturated rings. The molecule has 0 bridgehead atoms. The Bertz CT molecular complexity index is 1350. The fraction of sp³-hybridized carbons (Fsp3) is 0.214. The second-order valence-electron chi connectivity index (χ2n) is 8.75. The standard InChI is InChI=1S/C28H27N3O4/c32-27-25(23-17-22(35-28(33)34)13-14-24(23)30-27)26(20-7-3-1-4-8-20)29-21-11-9-19(10-12-21)18-31-15-5-2-6-16-31/h1,3-4,7-14,17,30,32H,2,5-6,15-16,18H2,(H,33,34). The van der Waals surface area contributed by atoms with E-state index in [-0.39, 0.29) is 11.6 Å². The summed E-state index contributed by atoms with van der Waals surface area (Å²) in [4.78, 5) is 21.4. The minimum absolute atomic E-state index is 0.0446. The second-order valence-corrected chi connectivity index (χ2v) is 8.75. The van der Waals surface area contributed by atoms with Crippen LogP contribution in [0.25, 0.3) is 10.9 Å². The van der Waals surface area contributed by atoms with Crippen molar-refractivity contribution in [1.82, 2.24) is 9.88 Å². The number of hydrogen-bond acceptors (Lipinski definition) is 5. The van der Waals surface area contributed by atoms with Crippen LogP contribution in [0.4, 0.5) is 10.5 Å². The number of nitrogens with one attached hydrogen (secondary N) is 1. The Morgan fingerprint density at radius 2 is 1.71 bits per heavy atom. The van der Waals surface area contributed by atoms with Crippen molar-refractivity contribution in [3.8, 4) is 11.6 Å². The molecule has 1 aliphatic heterocycles. The number of rotatable bonds is 6. The van der Waals surface area contributed by atoms with Crippen LogP contribution in [-0.2, 0) is 6.54 Å². The minimum Gasteiger partial charge on any atom is -0.494 e. The molecule has 0 unspecified atom stereocenters. The molecule has 7 heteroatoms. The van der Waals surface area contributed by atoms with Gasteiger partial charge in [-0.15, -0.1) is 0 Å². The second kappa shape index (κ2) is 10.0. The molecule has 5 rings (SSSR count). The maximum Gasteiger partial charge on any atom is 0.511 e. The molecule has 0 atom stereocenters. The zero-order valence-electron chi connectivity index (χ0n) is 19.3. The molecule has 0 spiro atoms. The largest absolute Gasteiger partial charge is 0.511 e. The number of nitrogens with zero attached hydrogens (tertiary/aromatic N) is 2. The number of H-pyrrole nitrogens is 1. The van der Waals surface area contributed by atoms with Crippen molar-refractivity contribution in [2.45, 2.75) is 25.8 Å². The average molecular weight is 470 g/mol. The van der Waals surface area contributed by atoms with Gasteiger partial charge >= 0.3 is 6.16 Å². The summed E-state index contributed by atoms with van der Waals surface area (Å²) in [6, 6.07) is 22.6. The van der Waals surface area contributed by atoms with Crippen molar-refractivity contribution < 1.29 is 19.7 Å². The van der Waals surface area contributed by atoms with Crippen LogP contribution in [0.5, 0.6) is 11.6 Å². The van der Waals surface area contributed by atoms with E-state index in [2.05, 4.69) is 22.0 Å². The molecule has 1 saturated heterocycles. The van der Waals surface area contributed by atoms with Gasteiger partial charge in [0.2, 0.25) is 0 Å². The zero-order chi connectivity index (χ0) is 24.2. The number of aliphatic imine (C=N–C) groups is 1. The Morgan fingerprint density at radius 3 is 2.43 bits per heavy atom. The van der Waals surface area contributed by atoms with Gasteiger partial charge in [-0.25, -0.2) is 9.79 Å². The fourth-order valence-corrected chi connectivity index (χ4v) is 4.60. The number of aromatic nitrogens is 1. The average Bonchev–Trinajstić information content (AvgIpc) is 3.19. The van der Waals surface area contributed by atoms with E-state index in [1.54, 1.807) is 12.1 Å². The molecule has 4 aromatic rings. The van der Waals surface area contributed by atoms with Crippen LogP contribution in [0, 0.1) is 0 Å². The van der Waals surface area contributed by atoms with Crippen molar-refractivity contribution in [1.29, 1.82) is 0 Å². The number of carbonyl (C=O) groups is 1. The highest BCUT2D eigenvalue weighted by atomic mass is 16.7. The predicted octanol–water partition coefficient (Wildman–Crippen LogP) is 6.09. The third kappa shape index (κ3) is 5.20. The van der Waals surface area contributed by atoms with Crippen molar-refractivity contribution >= 4 is 28.5 Å². The molecular formula is C28H27N3O4. The highest BCUT2D eigenvalue weighted by molar-refractivity contribution is 6.22. The summed E-state index contributed by atoms with van der Waals surface area (Å²) in [5.41, 5.74) is 4.54. The van der Waals surface area contributed by atoms with E-state index in [0.29, 0.717) is 22.2 Å². The van der Waals surface area contributed by atoms with E-state index in [9.17, 15) is 9.90 Å². The lowest BCUT2D eigenvalue weighted by molar-refractivity contribution is 0.144. The topological polar surface area (TPSA) is 98.1 Å². The first-order chi connectivity index (χ1) is 17.1. The Labute approximate surface area is 203 Å². The highest BCUT2D eigenvalue weighted by Crippen LogP contribution is 2.34. The third-order valence-corrected chi connectivity index (χ3v) is 6.27. The quantitative estimate of drug-likeness (QED) is 0.180. The Hall–Kier alpha value is -4.10. The van der Waals surface area contributed by atoms with Crippen molar-refractivity contribution in [2.75, 3.05) is 13.1 Å². The molecule has 35 heavy (non-hydrogen) atoms. The van der Waals surface area contributed by atoms with Gasteiger partial charge in [-0.1, -0.05) is 48.9 Å². The molecule has 3 N–H and O–H groups in total. The number of likely N-dealkylation sites (tertiary alicyclic amines) is 1. The number of aromatic hydroxyl groups is 1. The van der Waals surface area contributed by atoms with Gasteiger partial charge in [-0.05, 0) is 61.8 Å². The van der Waals surface area contributed by atoms with Gasteiger partial charge in [0.15, 0.2) is 5.88 Å². The lowest BCUT2D eigenvalue weighted by Crippen LogP contribution is -2.28. The SMILES string of the molecule is O=C(O)Oc1ccc2[nH]c(O)c(C(=Nc3ccc(CN4CCCCC4)cc3)c3ccccc3)c2c1. The summed E-state index contributed by atoms with van der Waals surface area (Å²) in [6.45, 7) is 3.22. The highest BCUT2D eigenvalue weighted by Gasteiger charge is 2.20. The molecule has 2 heterocycles. The molecule has 0 saturated carbocycles. The van der Waals surface area contributed by atoms with Crippen LogP contribution in [0.15, 0.2) is 77.8 Å². The Balaban J connectivity index is 1.54. The van der Waals surface area contributed by atoms with Crippen LogP contribution in [-0.4, -0.2) is 45.1 Å². The Morgan fingerprint density at radius 1 is 0.971 bits per heavy atom. The summed E-state index contributed by atoms with van der Waals surface area (Å²) in [5.74, 6) is 0.122. The number of fused-ring (bicyclic) bond motifs is 1. The maximum atomic E-state index is 11.0. The number of piperidine rings is 1. The molecule has 0 radical (unpaired) electrons.